The topological polar surface area (TPSA) is 84.3 Å². The molecule has 0 radical (unpaired) electrons. The first-order valence-electron chi connectivity index (χ1n) is 4.12. The van der Waals surface area contributed by atoms with Gasteiger partial charge in [-0.25, -0.2) is 0 Å². The van der Waals surface area contributed by atoms with Crippen LogP contribution in [0.25, 0.3) is 0 Å². The molecule has 1 atom stereocenters. The Balaban J connectivity index is 2.80. The van der Waals surface area contributed by atoms with Crippen LogP contribution in [0.3, 0.4) is 0 Å². The van der Waals surface area contributed by atoms with E-state index in [1.165, 1.54) is 0 Å². The highest BCUT2D eigenvalue weighted by Gasteiger charge is 1.93. The van der Waals surface area contributed by atoms with Crippen LogP contribution >= 0.6 is 0 Å². The summed E-state index contributed by atoms with van der Waals surface area (Å²) in [6.07, 6.45) is 1.93. The van der Waals surface area contributed by atoms with Gasteiger partial charge in [0.25, 0.3) is 0 Å². The number of nitrogens with two attached hydrogens (primary N) is 2. The number of rotatable bonds is 7. The molecule has 4 nitrogen and oxygen atoms in total. The highest BCUT2D eigenvalue weighted by molar-refractivity contribution is 4.51. The molecule has 0 heterocycles. The largest absolute Gasteiger partial charge is 0.379 e. The van der Waals surface area contributed by atoms with E-state index in [-0.39, 0.29) is 0 Å². The average molecular weight is 161 g/mol. The van der Waals surface area contributed by atoms with Crippen molar-refractivity contribution in [3.05, 3.63) is 0 Å². The van der Waals surface area contributed by atoms with Crippen LogP contribution in [0.15, 0.2) is 0 Å². The highest BCUT2D eigenvalue weighted by Crippen LogP contribution is 1.88. The molecule has 0 aliphatic heterocycles. The van der Waals surface area contributed by atoms with Crippen LogP contribution in [0.4, 0.5) is 0 Å². The van der Waals surface area contributed by atoms with Crippen molar-refractivity contribution in [3.63, 3.8) is 0 Å². The zero-order valence-corrected chi connectivity index (χ0v) is 6.92. The number of nitrogens with one attached hydrogen (secondary N) is 1. The van der Waals surface area contributed by atoms with Gasteiger partial charge in [-0.15, -0.1) is 0 Å². The minimum atomic E-state index is -0.661. The molecule has 0 aromatic heterocycles. The average Bonchev–Trinajstić information content (AvgIpc) is 1.96. The highest BCUT2D eigenvalue weighted by atomic mass is 16.3. The SMILES string of the molecule is NCCCNCCCC(N)O. The first-order chi connectivity index (χ1) is 5.27. The fraction of sp³-hybridized carbons (Fsp3) is 1.00. The Kier molecular flexibility index (Phi) is 7.83. The lowest BCUT2D eigenvalue weighted by atomic mass is 10.3. The Bertz CT molecular complexity index is 78.1. The predicted octanol–water partition coefficient (Wildman–Crippen LogP) is -1.02. The second kappa shape index (κ2) is 7.94. The minimum Gasteiger partial charge on any atom is -0.379 e. The fourth-order valence-corrected chi connectivity index (χ4v) is 0.788. The fourth-order valence-electron chi connectivity index (χ4n) is 0.788. The van der Waals surface area contributed by atoms with Gasteiger partial charge in [-0.1, -0.05) is 0 Å². The first-order valence-corrected chi connectivity index (χ1v) is 4.12. The first kappa shape index (κ1) is 10.8. The van der Waals surface area contributed by atoms with Crippen molar-refractivity contribution in [2.24, 2.45) is 11.5 Å². The third-order valence-electron chi connectivity index (χ3n) is 1.41. The van der Waals surface area contributed by atoms with E-state index in [0.29, 0.717) is 6.42 Å². The molecule has 1 unspecified atom stereocenters. The van der Waals surface area contributed by atoms with E-state index in [4.69, 9.17) is 16.6 Å². The van der Waals surface area contributed by atoms with Crippen LogP contribution < -0.4 is 16.8 Å². The van der Waals surface area contributed by atoms with Crippen molar-refractivity contribution in [3.8, 4) is 0 Å². The van der Waals surface area contributed by atoms with Crippen molar-refractivity contribution in [2.75, 3.05) is 19.6 Å². The van der Waals surface area contributed by atoms with E-state index in [1.54, 1.807) is 0 Å². The summed E-state index contributed by atoms with van der Waals surface area (Å²) in [6, 6.07) is 0. The maximum Gasteiger partial charge on any atom is 0.102 e. The van der Waals surface area contributed by atoms with Gasteiger partial charge in [-0.3, -0.25) is 0 Å². The Morgan fingerprint density at radius 1 is 1.27 bits per heavy atom. The van der Waals surface area contributed by atoms with Crippen LogP contribution in [0.2, 0.25) is 0 Å². The molecule has 0 bridgehead atoms. The summed E-state index contributed by atoms with van der Waals surface area (Å²) in [7, 11) is 0. The van der Waals surface area contributed by atoms with Gasteiger partial charge in [0.15, 0.2) is 0 Å². The van der Waals surface area contributed by atoms with Gasteiger partial charge in [0.1, 0.15) is 6.23 Å². The summed E-state index contributed by atoms with van der Waals surface area (Å²) in [5, 5.41) is 11.9. The van der Waals surface area contributed by atoms with Gasteiger partial charge in [0, 0.05) is 0 Å². The van der Waals surface area contributed by atoms with E-state index in [2.05, 4.69) is 5.32 Å². The number of hydrogen-bond acceptors (Lipinski definition) is 4. The molecule has 0 saturated carbocycles. The summed E-state index contributed by atoms with van der Waals surface area (Å²) in [4.78, 5) is 0. The molecule has 0 amide bonds. The standard InChI is InChI=1S/C7H19N3O/c8-4-2-6-10-5-1-3-7(9)11/h7,10-11H,1-6,8-9H2. The van der Waals surface area contributed by atoms with E-state index in [1.807, 2.05) is 0 Å². The molecule has 0 rings (SSSR count). The van der Waals surface area contributed by atoms with Gasteiger partial charge in [-0.05, 0) is 38.9 Å². The van der Waals surface area contributed by atoms with E-state index in [9.17, 15) is 0 Å². The zero-order valence-electron chi connectivity index (χ0n) is 6.92. The van der Waals surface area contributed by atoms with Gasteiger partial charge in [-0.2, -0.15) is 0 Å². The lowest BCUT2D eigenvalue weighted by Crippen LogP contribution is -2.23. The minimum absolute atomic E-state index is 0.661. The second-order valence-corrected chi connectivity index (χ2v) is 2.60. The summed E-state index contributed by atoms with van der Waals surface area (Å²) in [6.45, 7) is 2.60. The van der Waals surface area contributed by atoms with Crippen LogP contribution in [-0.4, -0.2) is 31.0 Å². The summed E-state index contributed by atoms with van der Waals surface area (Å²) in [5.74, 6) is 0. The second-order valence-electron chi connectivity index (χ2n) is 2.60. The third kappa shape index (κ3) is 9.84. The van der Waals surface area contributed by atoms with Crippen LogP contribution in [0, 0.1) is 0 Å². The molecular weight excluding hydrogens is 142 g/mol. The molecule has 0 aromatic rings. The van der Waals surface area contributed by atoms with Gasteiger partial charge in [0.05, 0.1) is 0 Å². The van der Waals surface area contributed by atoms with E-state index >= 15 is 0 Å². The molecule has 0 saturated heterocycles. The van der Waals surface area contributed by atoms with Gasteiger partial charge < -0.3 is 21.9 Å². The van der Waals surface area contributed by atoms with Crippen molar-refractivity contribution >= 4 is 0 Å². The number of aliphatic hydroxyl groups excluding tert-OH is 1. The summed E-state index contributed by atoms with van der Waals surface area (Å²) >= 11 is 0. The van der Waals surface area contributed by atoms with Crippen molar-refractivity contribution < 1.29 is 5.11 Å². The van der Waals surface area contributed by atoms with Crippen LogP contribution in [-0.2, 0) is 0 Å². The molecule has 0 aliphatic rings. The summed E-state index contributed by atoms with van der Waals surface area (Å²) in [5.41, 5.74) is 10.4. The van der Waals surface area contributed by atoms with Crippen molar-refractivity contribution in [1.82, 2.24) is 5.32 Å². The maximum atomic E-state index is 8.69. The monoisotopic (exact) mass is 161 g/mol. The smallest absolute Gasteiger partial charge is 0.102 e. The van der Waals surface area contributed by atoms with Crippen molar-refractivity contribution in [1.29, 1.82) is 0 Å². The Morgan fingerprint density at radius 2 is 1.91 bits per heavy atom. The molecule has 0 aliphatic carbocycles. The lowest BCUT2D eigenvalue weighted by Gasteiger charge is -2.04. The zero-order chi connectivity index (χ0) is 8.53. The van der Waals surface area contributed by atoms with Crippen molar-refractivity contribution in [2.45, 2.75) is 25.5 Å². The van der Waals surface area contributed by atoms with Gasteiger partial charge in [0.2, 0.25) is 0 Å². The normalized spacial score (nSPS) is 13.4. The number of aliphatic hydroxyl groups is 1. The van der Waals surface area contributed by atoms with Crippen LogP contribution in [0.1, 0.15) is 19.3 Å². The number of hydrogen-bond donors (Lipinski definition) is 4. The third-order valence-corrected chi connectivity index (χ3v) is 1.41. The molecule has 0 fully saturated rings. The molecule has 4 heteroatoms. The molecule has 6 N–H and O–H groups in total. The summed E-state index contributed by atoms with van der Waals surface area (Å²) < 4.78 is 0. The molecule has 0 spiro atoms. The quantitative estimate of drug-likeness (QED) is 0.284. The Labute approximate surface area is 68.0 Å². The Morgan fingerprint density at radius 3 is 2.45 bits per heavy atom. The maximum absolute atomic E-state index is 8.69. The molecule has 11 heavy (non-hydrogen) atoms. The molecular formula is C7H19N3O. The molecule has 0 aromatic carbocycles. The van der Waals surface area contributed by atoms with Gasteiger partial charge >= 0.3 is 0 Å². The van der Waals surface area contributed by atoms with E-state index < -0.39 is 6.23 Å². The lowest BCUT2D eigenvalue weighted by molar-refractivity contribution is 0.169. The van der Waals surface area contributed by atoms with Crippen LogP contribution in [0.5, 0.6) is 0 Å². The van der Waals surface area contributed by atoms with E-state index in [0.717, 1.165) is 32.5 Å². The predicted molar refractivity (Wildman–Crippen MR) is 46.0 cm³/mol. The Hall–Kier alpha value is -0.160. The molecule has 68 valence electrons.